The number of benzene rings is 1. The smallest absolute Gasteiger partial charge is 0.134 e. The predicted octanol–water partition coefficient (Wildman–Crippen LogP) is 1.77. The molecule has 0 aromatic heterocycles. The van der Waals surface area contributed by atoms with Crippen LogP contribution in [0.4, 0.5) is 0 Å². The Morgan fingerprint density at radius 1 is 1.32 bits per heavy atom. The third-order valence-corrected chi connectivity index (χ3v) is 5.44. The molecule has 4 nitrogen and oxygen atoms in total. The number of morpholine rings is 1. The van der Waals surface area contributed by atoms with Crippen molar-refractivity contribution >= 4 is 6.29 Å². The SMILES string of the molecule is N#C[C@@]1(N2CCOCC2)C[C@@]2(C=O)C=C[C@@H]1c1ccccc12. The van der Waals surface area contributed by atoms with Gasteiger partial charge in [0.25, 0.3) is 0 Å². The van der Waals surface area contributed by atoms with Gasteiger partial charge in [-0.25, -0.2) is 0 Å². The van der Waals surface area contributed by atoms with Gasteiger partial charge in [0.2, 0.25) is 0 Å². The van der Waals surface area contributed by atoms with Crippen LogP contribution in [0, 0.1) is 11.3 Å². The number of hydrogen-bond acceptors (Lipinski definition) is 4. The second-order valence-electron chi connectivity index (χ2n) is 6.39. The molecule has 2 bridgehead atoms. The molecule has 112 valence electrons. The first-order valence-electron chi connectivity index (χ1n) is 7.75. The summed E-state index contributed by atoms with van der Waals surface area (Å²) in [5, 5.41) is 10.1. The maximum absolute atomic E-state index is 12.0. The lowest BCUT2D eigenvalue weighted by atomic mass is 9.54. The molecule has 0 N–H and O–H groups in total. The molecule has 3 atom stereocenters. The van der Waals surface area contributed by atoms with Gasteiger partial charge < -0.3 is 9.53 Å². The minimum Gasteiger partial charge on any atom is -0.379 e. The van der Waals surface area contributed by atoms with Crippen LogP contribution in [0.25, 0.3) is 0 Å². The first-order valence-corrected chi connectivity index (χ1v) is 7.75. The van der Waals surface area contributed by atoms with Crippen LogP contribution in [-0.4, -0.2) is 43.0 Å². The molecule has 0 spiro atoms. The van der Waals surface area contributed by atoms with Gasteiger partial charge in [-0.2, -0.15) is 5.26 Å². The highest BCUT2D eigenvalue weighted by atomic mass is 16.5. The minimum absolute atomic E-state index is 0.0219. The maximum atomic E-state index is 12.0. The number of nitrogens with zero attached hydrogens (tertiary/aromatic N) is 2. The molecule has 1 saturated heterocycles. The Morgan fingerprint density at radius 3 is 2.82 bits per heavy atom. The lowest BCUT2D eigenvalue weighted by molar-refractivity contribution is -0.113. The number of rotatable bonds is 2. The van der Waals surface area contributed by atoms with E-state index in [0.29, 0.717) is 19.6 Å². The molecular weight excluding hydrogens is 276 g/mol. The maximum Gasteiger partial charge on any atom is 0.134 e. The molecule has 4 heteroatoms. The van der Waals surface area contributed by atoms with Crippen LogP contribution in [0.3, 0.4) is 0 Å². The summed E-state index contributed by atoms with van der Waals surface area (Å²) >= 11 is 0. The fourth-order valence-electron chi connectivity index (χ4n) is 4.38. The van der Waals surface area contributed by atoms with Gasteiger partial charge in [-0.1, -0.05) is 36.4 Å². The first-order chi connectivity index (χ1) is 10.8. The summed E-state index contributed by atoms with van der Waals surface area (Å²) in [4.78, 5) is 14.2. The monoisotopic (exact) mass is 294 g/mol. The second kappa shape index (κ2) is 4.77. The zero-order chi connectivity index (χ0) is 15.2. The number of fused-ring (bicyclic) bond motifs is 1. The van der Waals surface area contributed by atoms with E-state index in [9.17, 15) is 10.1 Å². The van der Waals surface area contributed by atoms with E-state index in [1.165, 1.54) is 0 Å². The molecule has 5 rings (SSSR count). The van der Waals surface area contributed by atoms with Crippen molar-refractivity contribution in [1.82, 2.24) is 4.90 Å². The van der Waals surface area contributed by atoms with Gasteiger partial charge >= 0.3 is 0 Å². The van der Waals surface area contributed by atoms with Crippen LogP contribution >= 0.6 is 0 Å². The molecule has 0 unspecified atom stereocenters. The van der Waals surface area contributed by atoms with Crippen LogP contribution < -0.4 is 0 Å². The standard InChI is InChI=1S/C18H18N2O2/c19-12-18(20-7-9-22-10-8-20)11-17(13-21)6-5-16(18)14-3-1-2-4-15(14)17/h1-6,13,16H,7-11H2/t16-,17-,18+/m1/s1. The normalized spacial score (nSPS) is 36.6. The third kappa shape index (κ3) is 1.61. The molecule has 0 saturated carbocycles. The second-order valence-corrected chi connectivity index (χ2v) is 6.39. The summed E-state index contributed by atoms with van der Waals surface area (Å²) in [5.74, 6) is 0.0219. The van der Waals surface area contributed by atoms with Crippen molar-refractivity contribution in [1.29, 1.82) is 5.26 Å². The van der Waals surface area contributed by atoms with Gasteiger partial charge in [-0.3, -0.25) is 4.90 Å². The molecule has 3 aliphatic carbocycles. The van der Waals surface area contributed by atoms with Crippen molar-refractivity contribution in [3.05, 3.63) is 47.5 Å². The highest BCUT2D eigenvalue weighted by Gasteiger charge is 2.57. The number of hydrogen-bond donors (Lipinski definition) is 0. The van der Waals surface area contributed by atoms with E-state index in [2.05, 4.69) is 23.1 Å². The van der Waals surface area contributed by atoms with E-state index >= 15 is 0 Å². The Balaban J connectivity index is 1.89. The van der Waals surface area contributed by atoms with Crippen molar-refractivity contribution in [2.45, 2.75) is 23.3 Å². The van der Waals surface area contributed by atoms with E-state index in [1.54, 1.807) is 0 Å². The molecule has 1 aromatic rings. The van der Waals surface area contributed by atoms with E-state index in [4.69, 9.17) is 4.74 Å². The number of carbonyl (C=O) groups excluding carboxylic acids is 1. The van der Waals surface area contributed by atoms with Crippen molar-refractivity contribution in [3.8, 4) is 6.07 Å². The highest BCUT2D eigenvalue weighted by molar-refractivity contribution is 5.77. The van der Waals surface area contributed by atoms with E-state index in [1.807, 2.05) is 24.3 Å². The third-order valence-electron chi connectivity index (χ3n) is 5.44. The average Bonchev–Trinajstić information content (AvgIpc) is 2.63. The van der Waals surface area contributed by atoms with Crippen LogP contribution in [0.5, 0.6) is 0 Å². The van der Waals surface area contributed by atoms with Gasteiger partial charge in [0.05, 0.1) is 24.7 Å². The summed E-state index contributed by atoms with van der Waals surface area (Å²) in [5.41, 5.74) is 0.876. The van der Waals surface area contributed by atoms with E-state index < -0.39 is 11.0 Å². The lowest BCUT2D eigenvalue weighted by Crippen LogP contribution is -2.62. The number of nitriles is 1. The largest absolute Gasteiger partial charge is 0.379 e. The average molecular weight is 294 g/mol. The molecule has 4 aliphatic rings. The van der Waals surface area contributed by atoms with Crippen LogP contribution in [-0.2, 0) is 14.9 Å². The zero-order valence-corrected chi connectivity index (χ0v) is 12.4. The summed E-state index contributed by atoms with van der Waals surface area (Å²) < 4.78 is 5.44. The van der Waals surface area contributed by atoms with Crippen molar-refractivity contribution < 1.29 is 9.53 Å². The van der Waals surface area contributed by atoms with E-state index in [-0.39, 0.29) is 5.92 Å². The fourth-order valence-corrected chi connectivity index (χ4v) is 4.38. The minimum atomic E-state index is -0.667. The molecule has 1 heterocycles. The Labute approximate surface area is 130 Å². The first kappa shape index (κ1) is 13.7. The lowest BCUT2D eigenvalue weighted by Gasteiger charge is -2.54. The van der Waals surface area contributed by atoms with Gasteiger partial charge in [0, 0.05) is 19.0 Å². The number of allylic oxidation sites excluding steroid dienone is 1. The zero-order valence-electron chi connectivity index (χ0n) is 12.4. The fraction of sp³-hybridized carbons (Fsp3) is 0.444. The summed E-state index contributed by atoms with van der Waals surface area (Å²) in [6.45, 7) is 2.79. The highest BCUT2D eigenvalue weighted by Crippen LogP contribution is 2.55. The molecule has 0 radical (unpaired) electrons. The van der Waals surface area contributed by atoms with Crippen molar-refractivity contribution in [3.63, 3.8) is 0 Å². The number of aldehydes is 1. The Morgan fingerprint density at radius 2 is 2.09 bits per heavy atom. The molecule has 0 amide bonds. The Kier molecular flexibility index (Phi) is 2.97. The quantitative estimate of drug-likeness (QED) is 0.616. The van der Waals surface area contributed by atoms with E-state index in [0.717, 1.165) is 30.5 Å². The van der Waals surface area contributed by atoms with Crippen LogP contribution in [0.15, 0.2) is 36.4 Å². The van der Waals surface area contributed by atoms with Gasteiger partial charge in [0.1, 0.15) is 11.8 Å². The summed E-state index contributed by atoms with van der Waals surface area (Å²) in [6, 6.07) is 10.6. The molecule has 1 aliphatic heterocycles. The molecule has 1 aromatic carbocycles. The van der Waals surface area contributed by atoms with Gasteiger partial charge in [0.15, 0.2) is 0 Å². The summed E-state index contributed by atoms with van der Waals surface area (Å²) in [6.07, 6.45) is 5.63. The van der Waals surface area contributed by atoms with Crippen molar-refractivity contribution in [2.24, 2.45) is 0 Å². The summed E-state index contributed by atoms with van der Waals surface area (Å²) in [7, 11) is 0. The van der Waals surface area contributed by atoms with Gasteiger partial charge in [-0.05, 0) is 17.5 Å². The molecular formula is C18H18N2O2. The number of ether oxygens (including phenoxy) is 1. The Bertz CT molecular complexity index is 687. The Hall–Kier alpha value is -1.96. The van der Waals surface area contributed by atoms with Crippen LogP contribution in [0.1, 0.15) is 23.5 Å². The molecule has 1 fully saturated rings. The predicted molar refractivity (Wildman–Crippen MR) is 81.4 cm³/mol. The van der Waals surface area contributed by atoms with Crippen molar-refractivity contribution in [2.75, 3.05) is 26.3 Å². The van der Waals surface area contributed by atoms with Gasteiger partial charge in [-0.15, -0.1) is 0 Å². The number of carbonyl (C=O) groups is 1. The van der Waals surface area contributed by atoms with Crippen LogP contribution in [0.2, 0.25) is 0 Å². The molecule has 22 heavy (non-hydrogen) atoms. The topological polar surface area (TPSA) is 53.3 Å².